The van der Waals surface area contributed by atoms with Gasteiger partial charge in [0.15, 0.2) is 11.5 Å². The summed E-state index contributed by atoms with van der Waals surface area (Å²) in [4.78, 5) is 13.7. The molecule has 20 heavy (non-hydrogen) atoms. The van der Waals surface area contributed by atoms with E-state index >= 15 is 0 Å². The number of hydrogen-bond acceptors (Lipinski definition) is 6. The lowest BCUT2D eigenvalue weighted by Gasteiger charge is -2.14. The molecule has 112 valence electrons. The maximum atomic E-state index is 11.8. The lowest BCUT2D eigenvalue weighted by Crippen LogP contribution is -2.40. The first-order valence-electron chi connectivity index (χ1n) is 5.39. The number of amides is 1. The van der Waals surface area contributed by atoms with E-state index in [9.17, 15) is 13.2 Å². The number of hydrazine groups is 1. The van der Waals surface area contributed by atoms with Gasteiger partial charge in [-0.1, -0.05) is 0 Å². The zero-order valence-electron chi connectivity index (χ0n) is 11.5. The number of rotatable bonds is 6. The van der Waals surface area contributed by atoms with Gasteiger partial charge >= 0.3 is 0 Å². The largest absolute Gasteiger partial charge is 0.493 e. The van der Waals surface area contributed by atoms with Crippen molar-refractivity contribution in [2.24, 2.45) is 0 Å². The fourth-order valence-corrected chi connectivity index (χ4v) is 1.70. The maximum Gasteiger partial charge on any atom is 0.266 e. The topological polar surface area (TPSA) is 103 Å². The smallest absolute Gasteiger partial charge is 0.266 e. The van der Waals surface area contributed by atoms with E-state index in [-0.39, 0.29) is 17.1 Å². The van der Waals surface area contributed by atoms with E-state index in [4.69, 9.17) is 14.2 Å². The summed E-state index contributed by atoms with van der Waals surface area (Å²) in [6, 6.07) is 2.81. The zero-order chi connectivity index (χ0) is 15.3. The predicted molar refractivity (Wildman–Crippen MR) is 71.5 cm³/mol. The first-order chi connectivity index (χ1) is 9.32. The SMILES string of the molecule is COc1cc(C(=O)NNS(C)(=O)=O)cc(OC)c1OC. The summed E-state index contributed by atoms with van der Waals surface area (Å²) in [5.74, 6) is 0.255. The summed E-state index contributed by atoms with van der Waals surface area (Å²) in [6.07, 6.45) is 0.919. The van der Waals surface area contributed by atoms with Crippen LogP contribution in [0.15, 0.2) is 12.1 Å². The number of hydrogen-bond donors (Lipinski definition) is 2. The Kier molecular flexibility index (Phi) is 5.17. The van der Waals surface area contributed by atoms with Crippen LogP contribution < -0.4 is 24.5 Å². The van der Waals surface area contributed by atoms with Crippen LogP contribution in [-0.4, -0.2) is 41.9 Å². The zero-order valence-corrected chi connectivity index (χ0v) is 12.3. The van der Waals surface area contributed by atoms with Crippen molar-refractivity contribution >= 4 is 15.9 Å². The van der Waals surface area contributed by atoms with E-state index in [1.165, 1.54) is 33.5 Å². The Hall–Kier alpha value is -2.00. The second kappa shape index (κ2) is 6.44. The minimum Gasteiger partial charge on any atom is -0.493 e. The van der Waals surface area contributed by atoms with Crippen LogP contribution in [0.4, 0.5) is 0 Å². The summed E-state index contributed by atoms with van der Waals surface area (Å²) < 4.78 is 37.1. The predicted octanol–water partition coefficient (Wildman–Crippen LogP) is -0.0936. The molecule has 2 N–H and O–H groups in total. The molecular weight excluding hydrogens is 288 g/mol. The highest BCUT2D eigenvalue weighted by molar-refractivity contribution is 7.88. The maximum absolute atomic E-state index is 11.8. The summed E-state index contributed by atoms with van der Waals surface area (Å²) in [5.41, 5.74) is 2.20. The molecule has 1 amide bonds. The van der Waals surface area contributed by atoms with Gasteiger partial charge in [0.1, 0.15) is 0 Å². The van der Waals surface area contributed by atoms with Gasteiger partial charge < -0.3 is 14.2 Å². The second-order valence-corrected chi connectivity index (χ2v) is 5.49. The van der Waals surface area contributed by atoms with E-state index in [1.807, 2.05) is 4.83 Å². The molecule has 8 nitrogen and oxygen atoms in total. The number of sulfonamides is 1. The fourth-order valence-electron chi connectivity index (χ4n) is 1.42. The lowest BCUT2D eigenvalue weighted by molar-refractivity contribution is 0.0944. The Balaban J connectivity index is 3.10. The molecule has 0 saturated carbocycles. The Labute approximate surface area is 117 Å². The van der Waals surface area contributed by atoms with Crippen molar-refractivity contribution in [3.8, 4) is 17.2 Å². The summed E-state index contributed by atoms with van der Waals surface area (Å²) in [5, 5.41) is 0. The van der Waals surface area contributed by atoms with Crippen LogP contribution in [0, 0.1) is 0 Å². The molecule has 0 unspecified atom stereocenters. The molecule has 1 aromatic rings. The molecule has 0 aliphatic heterocycles. The third-order valence-corrected chi connectivity index (χ3v) is 2.75. The average molecular weight is 304 g/mol. The monoisotopic (exact) mass is 304 g/mol. The van der Waals surface area contributed by atoms with Crippen molar-refractivity contribution in [2.75, 3.05) is 27.6 Å². The Morgan fingerprint density at radius 3 is 1.90 bits per heavy atom. The van der Waals surface area contributed by atoms with Crippen LogP contribution in [0.5, 0.6) is 17.2 Å². The van der Waals surface area contributed by atoms with Crippen LogP contribution in [0.2, 0.25) is 0 Å². The highest BCUT2D eigenvalue weighted by atomic mass is 32.2. The van der Waals surface area contributed by atoms with E-state index in [0.29, 0.717) is 5.75 Å². The average Bonchev–Trinajstić information content (AvgIpc) is 2.42. The minimum atomic E-state index is -3.54. The molecule has 0 saturated heterocycles. The number of methoxy groups -OCH3 is 3. The molecule has 9 heteroatoms. The van der Waals surface area contributed by atoms with Crippen LogP contribution in [0.25, 0.3) is 0 Å². The van der Waals surface area contributed by atoms with Crippen LogP contribution in [-0.2, 0) is 10.0 Å². The van der Waals surface area contributed by atoms with Gasteiger partial charge in [-0.2, -0.15) is 0 Å². The molecule has 1 aromatic carbocycles. The standard InChI is InChI=1S/C11H16N2O6S/c1-17-8-5-7(6-9(18-2)10(8)19-3)11(14)12-13-20(4,15)16/h5-6,13H,1-4H3,(H,12,14). The molecule has 0 radical (unpaired) electrons. The van der Waals surface area contributed by atoms with Gasteiger partial charge in [-0.15, -0.1) is 4.83 Å². The molecule has 0 spiro atoms. The Bertz CT molecular complexity index is 574. The molecule has 1 rings (SSSR count). The van der Waals surface area contributed by atoms with E-state index in [0.717, 1.165) is 6.26 Å². The minimum absolute atomic E-state index is 0.149. The molecular formula is C11H16N2O6S. The van der Waals surface area contributed by atoms with Crippen LogP contribution >= 0.6 is 0 Å². The van der Waals surface area contributed by atoms with Gasteiger partial charge in [0, 0.05) is 5.56 Å². The van der Waals surface area contributed by atoms with Gasteiger partial charge in [-0.3, -0.25) is 10.2 Å². The Morgan fingerprint density at radius 1 is 1.05 bits per heavy atom. The number of nitrogens with one attached hydrogen (secondary N) is 2. The van der Waals surface area contributed by atoms with Crippen molar-refractivity contribution in [3.63, 3.8) is 0 Å². The summed E-state index contributed by atoms with van der Waals surface area (Å²) >= 11 is 0. The highest BCUT2D eigenvalue weighted by Gasteiger charge is 2.17. The van der Waals surface area contributed by atoms with Crippen molar-refractivity contribution in [3.05, 3.63) is 17.7 Å². The van der Waals surface area contributed by atoms with Crippen LogP contribution in [0.1, 0.15) is 10.4 Å². The van der Waals surface area contributed by atoms with Crippen molar-refractivity contribution < 1.29 is 27.4 Å². The third kappa shape index (κ3) is 4.00. The number of carbonyl (C=O) groups is 1. The highest BCUT2D eigenvalue weighted by Crippen LogP contribution is 2.38. The molecule has 0 heterocycles. The van der Waals surface area contributed by atoms with E-state index in [2.05, 4.69) is 5.43 Å². The van der Waals surface area contributed by atoms with Gasteiger partial charge in [0.05, 0.1) is 27.6 Å². The van der Waals surface area contributed by atoms with Gasteiger partial charge in [0.2, 0.25) is 15.8 Å². The van der Waals surface area contributed by atoms with Gasteiger partial charge in [0.25, 0.3) is 5.91 Å². The van der Waals surface area contributed by atoms with Crippen molar-refractivity contribution in [2.45, 2.75) is 0 Å². The second-order valence-electron chi connectivity index (χ2n) is 3.74. The van der Waals surface area contributed by atoms with Gasteiger partial charge in [-0.05, 0) is 12.1 Å². The molecule has 0 bridgehead atoms. The quantitative estimate of drug-likeness (QED) is 0.712. The molecule has 0 fully saturated rings. The first kappa shape index (κ1) is 16.1. The van der Waals surface area contributed by atoms with E-state index < -0.39 is 15.9 Å². The number of carbonyl (C=O) groups excluding carboxylic acids is 1. The number of benzene rings is 1. The Morgan fingerprint density at radius 2 is 1.55 bits per heavy atom. The molecule has 0 atom stereocenters. The van der Waals surface area contributed by atoms with Crippen molar-refractivity contribution in [1.82, 2.24) is 10.3 Å². The van der Waals surface area contributed by atoms with Crippen molar-refractivity contribution in [1.29, 1.82) is 0 Å². The molecule has 0 aliphatic rings. The molecule has 0 aromatic heterocycles. The third-order valence-electron chi connectivity index (χ3n) is 2.28. The normalized spacial score (nSPS) is 10.8. The summed E-state index contributed by atoms with van der Waals surface area (Å²) in [7, 11) is 0.716. The van der Waals surface area contributed by atoms with E-state index in [1.54, 1.807) is 0 Å². The number of ether oxygens (including phenoxy) is 3. The first-order valence-corrected chi connectivity index (χ1v) is 7.28. The van der Waals surface area contributed by atoms with Crippen LogP contribution in [0.3, 0.4) is 0 Å². The lowest BCUT2D eigenvalue weighted by atomic mass is 10.1. The fraction of sp³-hybridized carbons (Fsp3) is 0.364. The summed E-state index contributed by atoms with van der Waals surface area (Å²) in [6.45, 7) is 0. The van der Waals surface area contributed by atoms with Gasteiger partial charge in [-0.25, -0.2) is 8.42 Å². The molecule has 0 aliphatic carbocycles.